The molecule has 0 radical (unpaired) electrons. The maximum atomic E-state index is 12.1. The molecule has 1 fully saturated rings. The largest absolute Gasteiger partial charge is 0.478 e. The number of aliphatic carboxylic acids is 1. The molecule has 0 saturated carbocycles. The third-order valence-electron chi connectivity index (χ3n) is 5.80. The third-order valence-corrected chi connectivity index (χ3v) is 5.80. The Bertz CT molecular complexity index is 1400. The second kappa shape index (κ2) is 11.0. The number of imidazole rings is 1. The summed E-state index contributed by atoms with van der Waals surface area (Å²) in [6.07, 6.45) is -0.953. The number of nitrogens with zero attached hydrogens (tertiary/aromatic N) is 6. The molecule has 0 unspecified atom stereocenters. The third kappa shape index (κ3) is 4.84. The molecule has 1 saturated heterocycles. The number of carboxylic acids is 1. The lowest BCUT2D eigenvalue weighted by atomic mass is 10.1. The Morgan fingerprint density at radius 3 is 2.61 bits per heavy atom. The van der Waals surface area contributed by atoms with E-state index < -0.39 is 48.7 Å². The van der Waals surface area contributed by atoms with Gasteiger partial charge in [-0.3, -0.25) is 9.36 Å². The number of hydrogen-bond acceptors (Lipinski definition) is 13. The van der Waals surface area contributed by atoms with Crippen molar-refractivity contribution in [2.24, 2.45) is 0 Å². The van der Waals surface area contributed by atoms with Gasteiger partial charge in [0, 0.05) is 11.9 Å². The van der Waals surface area contributed by atoms with Crippen LogP contribution in [-0.4, -0.2) is 99.5 Å². The van der Waals surface area contributed by atoms with Crippen LogP contribution in [0.25, 0.3) is 17.1 Å². The molecular weight excluding hydrogens is 506 g/mol. The number of fused-ring (bicyclic) bond motifs is 1. The minimum Gasteiger partial charge on any atom is -0.478 e. The molecule has 1 aliphatic heterocycles. The van der Waals surface area contributed by atoms with Gasteiger partial charge in [-0.25, -0.2) is 19.3 Å². The number of carbonyl (C=O) groups is 3. The highest BCUT2D eigenvalue weighted by Gasteiger charge is 2.44. The molecule has 0 bridgehead atoms. The molecular formula is C22H25N7O9. The van der Waals surface area contributed by atoms with Crippen molar-refractivity contribution in [2.75, 3.05) is 18.5 Å². The zero-order valence-corrected chi connectivity index (χ0v) is 20.3. The first-order valence-corrected chi connectivity index (χ1v) is 11.5. The highest BCUT2D eigenvalue weighted by molar-refractivity contribution is 6.08. The second-order valence-electron chi connectivity index (χ2n) is 8.11. The van der Waals surface area contributed by atoms with Crippen molar-refractivity contribution in [3.63, 3.8) is 0 Å². The number of allylic oxidation sites excluding steroid dienone is 1. The molecule has 4 heterocycles. The standard InChI is InChI=1S/C22H25N7O9/c1-3-12(11(7-30)20(34)35)25-17-14-18(28(9-23-14)19-16(33)15(32)13(8-31)38-19)27-22(26-17)29-6-10(5-24-29)21(36)37-4-2/h5-7,9,13,15-16,19,31-33H,3-4,8H2,1-2H3,(H,34,35)(H,25,26,27)/b12-11+/t13-,15-,16+,19-/m1/s1. The van der Waals surface area contributed by atoms with Crippen molar-refractivity contribution in [1.82, 2.24) is 29.3 Å². The Kier molecular flexibility index (Phi) is 7.77. The Labute approximate surface area is 214 Å². The average Bonchev–Trinajstić information content (AvgIpc) is 3.62. The molecule has 0 aromatic carbocycles. The Balaban J connectivity index is 1.88. The van der Waals surface area contributed by atoms with E-state index in [2.05, 4.69) is 25.4 Å². The molecule has 0 amide bonds. The predicted octanol–water partition coefficient (Wildman–Crippen LogP) is -0.840. The molecule has 16 nitrogen and oxygen atoms in total. The first kappa shape index (κ1) is 26.8. The van der Waals surface area contributed by atoms with E-state index in [1.165, 1.54) is 28.0 Å². The normalized spacial score (nSPS) is 21.8. The second-order valence-corrected chi connectivity index (χ2v) is 8.11. The molecule has 5 N–H and O–H groups in total. The van der Waals surface area contributed by atoms with Crippen molar-refractivity contribution in [3.05, 3.63) is 35.6 Å². The summed E-state index contributed by atoms with van der Waals surface area (Å²) >= 11 is 0. The predicted molar refractivity (Wildman–Crippen MR) is 126 cm³/mol. The lowest BCUT2D eigenvalue weighted by Gasteiger charge is -2.17. The summed E-state index contributed by atoms with van der Waals surface area (Å²) < 4.78 is 13.0. The van der Waals surface area contributed by atoms with Gasteiger partial charge < -0.3 is 35.2 Å². The first-order chi connectivity index (χ1) is 18.2. The van der Waals surface area contributed by atoms with E-state index in [-0.39, 0.29) is 53.5 Å². The summed E-state index contributed by atoms with van der Waals surface area (Å²) in [5.41, 5.74) is -0.198. The van der Waals surface area contributed by atoms with Gasteiger partial charge in [-0.05, 0) is 13.3 Å². The smallest absolute Gasteiger partial charge is 0.341 e. The van der Waals surface area contributed by atoms with Gasteiger partial charge in [0.15, 0.2) is 29.5 Å². The van der Waals surface area contributed by atoms with Crippen LogP contribution in [0, 0.1) is 0 Å². The van der Waals surface area contributed by atoms with Crippen molar-refractivity contribution >= 4 is 35.2 Å². The van der Waals surface area contributed by atoms with Crippen molar-refractivity contribution in [1.29, 1.82) is 0 Å². The number of hydrogen-bond donors (Lipinski definition) is 5. The summed E-state index contributed by atoms with van der Waals surface area (Å²) in [4.78, 5) is 48.2. The average molecular weight is 531 g/mol. The number of carbonyl (C=O) groups excluding carboxylic acids is 2. The number of esters is 1. The summed E-state index contributed by atoms with van der Waals surface area (Å²) in [7, 11) is 0. The quantitative estimate of drug-likeness (QED) is 0.0707. The fourth-order valence-corrected chi connectivity index (χ4v) is 3.88. The van der Waals surface area contributed by atoms with E-state index in [1.807, 2.05) is 0 Å². The highest BCUT2D eigenvalue weighted by atomic mass is 16.6. The van der Waals surface area contributed by atoms with Crippen LogP contribution in [0.4, 0.5) is 5.82 Å². The lowest BCUT2D eigenvalue weighted by molar-refractivity contribution is -0.133. The minimum atomic E-state index is -1.45. The number of aliphatic hydroxyl groups is 3. The van der Waals surface area contributed by atoms with Crippen LogP contribution in [0.1, 0.15) is 36.9 Å². The van der Waals surface area contributed by atoms with E-state index >= 15 is 0 Å². The summed E-state index contributed by atoms with van der Waals surface area (Å²) in [5.74, 6) is -2.18. The maximum absolute atomic E-state index is 12.1. The zero-order valence-electron chi connectivity index (χ0n) is 20.3. The zero-order chi connectivity index (χ0) is 27.6. The van der Waals surface area contributed by atoms with Gasteiger partial charge in [0.2, 0.25) is 0 Å². The fourth-order valence-electron chi connectivity index (χ4n) is 3.88. The van der Waals surface area contributed by atoms with Gasteiger partial charge in [0.25, 0.3) is 5.95 Å². The number of ether oxygens (including phenoxy) is 2. The number of aromatic nitrogens is 6. The summed E-state index contributed by atoms with van der Waals surface area (Å²) in [6, 6.07) is 0. The molecule has 202 valence electrons. The van der Waals surface area contributed by atoms with Gasteiger partial charge >= 0.3 is 11.9 Å². The highest BCUT2D eigenvalue weighted by Crippen LogP contribution is 2.33. The lowest BCUT2D eigenvalue weighted by Crippen LogP contribution is -2.33. The van der Waals surface area contributed by atoms with Crippen molar-refractivity contribution in [3.8, 4) is 5.95 Å². The topological polar surface area (TPSA) is 224 Å². The van der Waals surface area contributed by atoms with Crippen LogP contribution in [0.3, 0.4) is 0 Å². The Hall–Kier alpha value is -4.25. The van der Waals surface area contributed by atoms with E-state index in [4.69, 9.17) is 9.47 Å². The molecule has 3 aromatic rings. The van der Waals surface area contributed by atoms with Crippen LogP contribution in [0.15, 0.2) is 30.0 Å². The van der Waals surface area contributed by atoms with Gasteiger partial charge in [-0.2, -0.15) is 15.1 Å². The van der Waals surface area contributed by atoms with Crippen LogP contribution in [0.5, 0.6) is 0 Å². The van der Waals surface area contributed by atoms with E-state index in [9.17, 15) is 34.8 Å². The molecule has 4 atom stereocenters. The SMILES string of the molecule is CCOC(=O)c1cnn(-c2nc(N/C(CC)=C(\C=O)C(=O)O)c3ncn([C@@H]4O[C@H](CO)[C@@H](O)[C@@H]4O)c3n2)c1. The minimum absolute atomic E-state index is 0.0128. The van der Waals surface area contributed by atoms with E-state index in [1.54, 1.807) is 13.8 Å². The van der Waals surface area contributed by atoms with Crippen LogP contribution < -0.4 is 5.32 Å². The first-order valence-electron chi connectivity index (χ1n) is 11.5. The number of aliphatic hydroxyl groups excluding tert-OH is 3. The molecule has 1 aliphatic rings. The number of aldehydes is 1. The number of carboxylic acid groups (broad SMARTS) is 1. The van der Waals surface area contributed by atoms with Gasteiger partial charge in [-0.15, -0.1) is 0 Å². The monoisotopic (exact) mass is 531 g/mol. The molecule has 38 heavy (non-hydrogen) atoms. The van der Waals surface area contributed by atoms with Crippen LogP contribution >= 0.6 is 0 Å². The Morgan fingerprint density at radius 2 is 2.00 bits per heavy atom. The fraction of sp³-hybridized carbons (Fsp3) is 0.409. The molecule has 3 aromatic heterocycles. The van der Waals surface area contributed by atoms with Crippen LogP contribution in [-0.2, 0) is 19.1 Å². The number of nitrogens with one attached hydrogen (secondary N) is 1. The van der Waals surface area contributed by atoms with Gasteiger partial charge in [-0.1, -0.05) is 6.92 Å². The van der Waals surface area contributed by atoms with Crippen LogP contribution in [0.2, 0.25) is 0 Å². The van der Waals surface area contributed by atoms with Gasteiger partial charge in [0.1, 0.15) is 23.9 Å². The molecule has 0 aliphatic carbocycles. The number of anilines is 1. The van der Waals surface area contributed by atoms with Crippen molar-refractivity contribution in [2.45, 2.75) is 44.8 Å². The van der Waals surface area contributed by atoms with E-state index in [0.717, 1.165) is 0 Å². The van der Waals surface area contributed by atoms with Gasteiger partial charge in [0.05, 0.1) is 31.3 Å². The molecule has 0 spiro atoms. The summed E-state index contributed by atoms with van der Waals surface area (Å²) in [6.45, 7) is 2.89. The van der Waals surface area contributed by atoms with E-state index in [0.29, 0.717) is 0 Å². The number of rotatable bonds is 10. The maximum Gasteiger partial charge on any atom is 0.341 e. The molecule has 16 heteroatoms. The van der Waals surface area contributed by atoms with Crippen molar-refractivity contribution < 1.29 is 44.3 Å². The summed E-state index contributed by atoms with van der Waals surface area (Å²) in [5, 5.41) is 46.5. The Morgan fingerprint density at radius 1 is 1.24 bits per heavy atom. The molecule has 4 rings (SSSR count).